The van der Waals surface area contributed by atoms with E-state index in [1.807, 2.05) is 6.07 Å². The Balaban J connectivity index is 2.10. The molecule has 1 N–H and O–H groups in total. The molecule has 0 unspecified atom stereocenters. The van der Waals surface area contributed by atoms with Crippen LogP contribution in [-0.4, -0.2) is 34.1 Å². The lowest BCUT2D eigenvalue weighted by atomic mass is 9.92. The van der Waals surface area contributed by atoms with E-state index in [1.54, 1.807) is 6.20 Å². The number of nitrogens with zero attached hydrogens (tertiary/aromatic N) is 3. The Kier molecular flexibility index (Phi) is 3.73. The standard InChI is InChI=1S/C14H21N3O2/c1-14(2,3)11-4-7-15-13(16-11)17-8-5-10(6-9-17)12(18)19/h4,7,10H,5-6,8-9H2,1-3H3,(H,18,19). The molecule has 1 fully saturated rings. The summed E-state index contributed by atoms with van der Waals surface area (Å²) in [5.74, 6) is -0.192. The highest BCUT2D eigenvalue weighted by molar-refractivity contribution is 5.70. The van der Waals surface area contributed by atoms with Gasteiger partial charge in [0.2, 0.25) is 5.95 Å². The Morgan fingerprint density at radius 1 is 1.37 bits per heavy atom. The summed E-state index contributed by atoms with van der Waals surface area (Å²) in [4.78, 5) is 21.9. The molecule has 0 saturated carbocycles. The van der Waals surface area contributed by atoms with E-state index in [-0.39, 0.29) is 11.3 Å². The number of carboxylic acids is 1. The fraction of sp³-hybridized carbons (Fsp3) is 0.643. The second-order valence-corrected chi connectivity index (χ2v) is 6.09. The first-order chi connectivity index (χ1) is 8.88. The summed E-state index contributed by atoms with van der Waals surface area (Å²) < 4.78 is 0. The van der Waals surface area contributed by atoms with E-state index in [0.29, 0.717) is 25.9 Å². The predicted molar refractivity (Wildman–Crippen MR) is 73.3 cm³/mol. The van der Waals surface area contributed by atoms with Gasteiger partial charge in [0, 0.05) is 24.7 Å². The van der Waals surface area contributed by atoms with Gasteiger partial charge in [-0.05, 0) is 18.9 Å². The fourth-order valence-electron chi connectivity index (χ4n) is 2.24. The molecule has 0 atom stereocenters. The number of anilines is 1. The van der Waals surface area contributed by atoms with Gasteiger partial charge >= 0.3 is 5.97 Å². The van der Waals surface area contributed by atoms with Crippen molar-refractivity contribution in [2.75, 3.05) is 18.0 Å². The van der Waals surface area contributed by atoms with Crippen LogP contribution in [0.15, 0.2) is 12.3 Å². The summed E-state index contributed by atoms with van der Waals surface area (Å²) in [6, 6.07) is 1.94. The molecule has 5 heteroatoms. The molecule has 0 spiro atoms. The molecule has 5 nitrogen and oxygen atoms in total. The van der Waals surface area contributed by atoms with Crippen molar-refractivity contribution in [3.05, 3.63) is 18.0 Å². The van der Waals surface area contributed by atoms with Gasteiger partial charge in [-0.15, -0.1) is 0 Å². The number of hydrogen-bond acceptors (Lipinski definition) is 4. The van der Waals surface area contributed by atoms with Gasteiger partial charge < -0.3 is 10.0 Å². The summed E-state index contributed by atoms with van der Waals surface area (Å²) in [7, 11) is 0. The van der Waals surface area contributed by atoms with Crippen LogP contribution < -0.4 is 4.90 Å². The fourth-order valence-corrected chi connectivity index (χ4v) is 2.24. The summed E-state index contributed by atoms with van der Waals surface area (Å²) >= 11 is 0. The molecular formula is C14H21N3O2. The predicted octanol–water partition coefficient (Wildman–Crippen LogP) is 2.08. The Labute approximate surface area is 113 Å². The van der Waals surface area contributed by atoms with Crippen molar-refractivity contribution in [2.24, 2.45) is 5.92 Å². The highest BCUT2D eigenvalue weighted by Crippen LogP contribution is 2.24. The SMILES string of the molecule is CC(C)(C)c1ccnc(N2CCC(C(=O)O)CC2)n1. The minimum Gasteiger partial charge on any atom is -0.481 e. The lowest BCUT2D eigenvalue weighted by molar-refractivity contribution is -0.142. The topological polar surface area (TPSA) is 66.3 Å². The highest BCUT2D eigenvalue weighted by Gasteiger charge is 2.26. The number of rotatable bonds is 2. The van der Waals surface area contributed by atoms with Crippen LogP contribution in [0.25, 0.3) is 0 Å². The monoisotopic (exact) mass is 263 g/mol. The van der Waals surface area contributed by atoms with E-state index in [9.17, 15) is 4.79 Å². The van der Waals surface area contributed by atoms with Gasteiger partial charge in [0.25, 0.3) is 0 Å². The molecule has 2 rings (SSSR count). The van der Waals surface area contributed by atoms with Crippen LogP contribution in [0.3, 0.4) is 0 Å². The van der Waals surface area contributed by atoms with Crippen LogP contribution in [-0.2, 0) is 10.2 Å². The zero-order valence-electron chi connectivity index (χ0n) is 11.8. The Morgan fingerprint density at radius 2 is 2.00 bits per heavy atom. The van der Waals surface area contributed by atoms with Gasteiger partial charge in [-0.2, -0.15) is 0 Å². The summed E-state index contributed by atoms with van der Waals surface area (Å²) in [6.45, 7) is 7.79. The van der Waals surface area contributed by atoms with E-state index >= 15 is 0 Å². The van der Waals surface area contributed by atoms with E-state index in [2.05, 4.69) is 35.6 Å². The molecule has 0 aromatic carbocycles. The van der Waals surface area contributed by atoms with Gasteiger partial charge in [-0.25, -0.2) is 9.97 Å². The van der Waals surface area contributed by atoms with E-state index in [1.165, 1.54) is 0 Å². The molecule has 0 aliphatic carbocycles. The second-order valence-electron chi connectivity index (χ2n) is 6.09. The molecular weight excluding hydrogens is 242 g/mol. The molecule has 1 saturated heterocycles. The van der Waals surface area contributed by atoms with Crippen LogP contribution in [0.4, 0.5) is 5.95 Å². The number of carboxylic acid groups (broad SMARTS) is 1. The average molecular weight is 263 g/mol. The molecule has 1 aromatic rings. The van der Waals surface area contributed by atoms with Gasteiger partial charge in [0.1, 0.15) is 0 Å². The van der Waals surface area contributed by atoms with E-state index in [4.69, 9.17) is 5.11 Å². The van der Waals surface area contributed by atoms with E-state index < -0.39 is 5.97 Å². The molecule has 1 aliphatic rings. The normalized spacial score (nSPS) is 17.5. The maximum atomic E-state index is 10.9. The third-order valence-corrected chi connectivity index (χ3v) is 3.54. The smallest absolute Gasteiger partial charge is 0.306 e. The Hall–Kier alpha value is -1.65. The first-order valence-electron chi connectivity index (χ1n) is 6.69. The largest absolute Gasteiger partial charge is 0.481 e. The first kappa shape index (κ1) is 13.8. The van der Waals surface area contributed by atoms with Crippen LogP contribution in [0.5, 0.6) is 0 Å². The average Bonchev–Trinajstić information content (AvgIpc) is 2.38. The first-order valence-corrected chi connectivity index (χ1v) is 6.69. The molecule has 1 aromatic heterocycles. The lowest BCUT2D eigenvalue weighted by Gasteiger charge is -2.30. The van der Waals surface area contributed by atoms with Crippen molar-refractivity contribution in [1.82, 2.24) is 9.97 Å². The van der Waals surface area contributed by atoms with Gasteiger partial charge in [0.05, 0.1) is 11.6 Å². The molecule has 1 aliphatic heterocycles. The maximum absolute atomic E-state index is 10.9. The van der Waals surface area contributed by atoms with E-state index in [0.717, 1.165) is 11.6 Å². The van der Waals surface area contributed by atoms with Crippen molar-refractivity contribution in [3.8, 4) is 0 Å². The quantitative estimate of drug-likeness (QED) is 0.884. The Bertz CT molecular complexity index is 460. The molecule has 0 amide bonds. The molecule has 2 heterocycles. The molecule has 0 radical (unpaired) electrons. The number of aliphatic carboxylic acids is 1. The zero-order valence-corrected chi connectivity index (χ0v) is 11.8. The number of carbonyl (C=O) groups is 1. The number of piperidine rings is 1. The maximum Gasteiger partial charge on any atom is 0.306 e. The third kappa shape index (κ3) is 3.22. The second kappa shape index (κ2) is 5.15. The number of hydrogen-bond donors (Lipinski definition) is 1. The van der Waals surface area contributed by atoms with Gasteiger partial charge in [-0.3, -0.25) is 4.79 Å². The highest BCUT2D eigenvalue weighted by atomic mass is 16.4. The lowest BCUT2D eigenvalue weighted by Crippen LogP contribution is -2.37. The summed E-state index contributed by atoms with van der Waals surface area (Å²) in [5.41, 5.74) is 1.01. The van der Waals surface area contributed by atoms with Gasteiger partial charge in [-0.1, -0.05) is 20.8 Å². The van der Waals surface area contributed by atoms with Crippen LogP contribution in [0.1, 0.15) is 39.3 Å². The van der Waals surface area contributed by atoms with Crippen molar-refractivity contribution in [3.63, 3.8) is 0 Å². The van der Waals surface area contributed by atoms with Crippen molar-refractivity contribution < 1.29 is 9.90 Å². The minimum atomic E-state index is -0.691. The van der Waals surface area contributed by atoms with Crippen molar-refractivity contribution in [2.45, 2.75) is 39.0 Å². The summed E-state index contributed by atoms with van der Waals surface area (Å²) in [6.07, 6.45) is 3.11. The summed E-state index contributed by atoms with van der Waals surface area (Å²) in [5, 5.41) is 9.00. The minimum absolute atomic E-state index is 0.00290. The van der Waals surface area contributed by atoms with Crippen LogP contribution in [0, 0.1) is 5.92 Å². The van der Waals surface area contributed by atoms with Crippen molar-refractivity contribution in [1.29, 1.82) is 0 Å². The molecule has 19 heavy (non-hydrogen) atoms. The third-order valence-electron chi connectivity index (χ3n) is 3.54. The number of aromatic nitrogens is 2. The molecule has 104 valence electrons. The van der Waals surface area contributed by atoms with Crippen LogP contribution in [0.2, 0.25) is 0 Å². The van der Waals surface area contributed by atoms with Crippen LogP contribution >= 0.6 is 0 Å². The Morgan fingerprint density at radius 3 is 2.53 bits per heavy atom. The van der Waals surface area contributed by atoms with Crippen molar-refractivity contribution >= 4 is 11.9 Å². The molecule has 0 bridgehead atoms. The zero-order chi connectivity index (χ0) is 14.0. The van der Waals surface area contributed by atoms with Gasteiger partial charge in [0.15, 0.2) is 0 Å².